The van der Waals surface area contributed by atoms with Crippen molar-refractivity contribution in [2.75, 3.05) is 0 Å². The van der Waals surface area contributed by atoms with Gasteiger partial charge >= 0.3 is 5.97 Å². The van der Waals surface area contributed by atoms with Gasteiger partial charge in [-0.2, -0.15) is 0 Å². The second kappa shape index (κ2) is 3.79. The van der Waals surface area contributed by atoms with Crippen LogP contribution >= 0.6 is 23.0 Å². The smallest absolute Gasteiger partial charge is 0.339 e. The number of nitrogens with two attached hydrogens (primary N) is 1. The Morgan fingerprint density at radius 3 is 2.50 bits per heavy atom. The molecule has 5 heteroatoms. The summed E-state index contributed by atoms with van der Waals surface area (Å²) in [5.41, 5.74) is 4.88. The van der Waals surface area contributed by atoms with Gasteiger partial charge in [0.05, 0.1) is 0 Å². The lowest BCUT2D eigenvalue weighted by Gasteiger charge is -1.94. The topological polar surface area (TPSA) is 69.4 Å². The maximum atomic E-state index is 10.2. The zero-order valence-electron chi connectivity index (χ0n) is 3.83. The molecule has 8 heavy (non-hydrogen) atoms. The zero-order chi connectivity index (χ0) is 6.57. The van der Waals surface area contributed by atoms with Gasteiger partial charge in [-0.1, -0.05) is 0 Å². The van der Waals surface area contributed by atoms with E-state index in [-0.39, 0.29) is 0 Å². The molecule has 0 saturated carbocycles. The highest BCUT2D eigenvalue weighted by Gasteiger charge is 2.11. The third kappa shape index (κ3) is 2.22. The van der Waals surface area contributed by atoms with Crippen LogP contribution in [0.5, 0.6) is 0 Å². The van der Waals surface area contributed by atoms with E-state index in [1.165, 1.54) is 23.0 Å². The predicted octanol–water partition coefficient (Wildman–Crippen LogP) is -0.594. The second-order valence-electron chi connectivity index (χ2n) is 1.06. The zero-order valence-corrected chi connectivity index (χ0v) is 5.99. The first-order valence-corrected chi connectivity index (χ1v) is 2.63. The minimum atomic E-state index is -1.13. The Morgan fingerprint density at radius 2 is 2.38 bits per heavy atom. The van der Waals surface area contributed by atoms with Crippen LogP contribution in [0.2, 0.25) is 0 Å². The van der Waals surface area contributed by atoms with Gasteiger partial charge in [-0.15, -0.1) is 0 Å². The normalized spacial score (nSPS) is 12.2. The average molecular weight is 229 g/mol. The summed E-state index contributed by atoms with van der Waals surface area (Å²) >= 11 is 1.36. The second-order valence-corrected chi connectivity index (χ2v) is 1.50. The molecule has 0 bridgehead atoms. The van der Waals surface area contributed by atoms with Crippen molar-refractivity contribution in [2.45, 2.75) is 6.04 Å². The molecule has 0 fully saturated rings. The molecule has 0 aromatic carbocycles. The van der Waals surface area contributed by atoms with Gasteiger partial charge in [-0.25, -0.2) is 4.79 Å². The van der Waals surface area contributed by atoms with Gasteiger partial charge in [0, 0.05) is 0 Å². The Labute approximate surface area is 60.1 Å². The first-order chi connectivity index (χ1) is 3.72. The molecular formula is C3H4INO3. The van der Waals surface area contributed by atoms with Crippen LogP contribution in [0.3, 0.4) is 0 Å². The van der Waals surface area contributed by atoms with E-state index >= 15 is 0 Å². The summed E-state index contributed by atoms with van der Waals surface area (Å²) in [4.78, 5) is 19.8. The van der Waals surface area contributed by atoms with Crippen LogP contribution in [-0.4, -0.2) is 18.3 Å². The lowest BCUT2D eigenvalue weighted by molar-refractivity contribution is -0.134. The lowest BCUT2D eigenvalue weighted by atomic mass is 10.4. The molecule has 0 amide bonds. The van der Waals surface area contributed by atoms with Crippen molar-refractivity contribution in [1.29, 1.82) is 0 Å². The molecule has 0 aromatic rings. The van der Waals surface area contributed by atoms with E-state index in [2.05, 4.69) is 3.07 Å². The largest absolute Gasteiger partial charge is 0.393 e. The third-order valence-electron chi connectivity index (χ3n) is 0.495. The average Bonchev–Trinajstić information content (AvgIpc) is 1.84. The minimum absolute atomic E-state index is 0.320. The Hall–Kier alpha value is -0.170. The summed E-state index contributed by atoms with van der Waals surface area (Å²) in [5, 5.41) is 0. The van der Waals surface area contributed by atoms with Crippen molar-refractivity contribution in [3.05, 3.63) is 0 Å². The van der Waals surface area contributed by atoms with Crippen molar-refractivity contribution in [2.24, 2.45) is 5.73 Å². The summed E-state index contributed by atoms with van der Waals surface area (Å²) in [6.45, 7) is 0. The molecule has 0 aliphatic heterocycles. The van der Waals surface area contributed by atoms with Gasteiger partial charge in [-0.05, 0) is 0 Å². The van der Waals surface area contributed by atoms with Gasteiger partial charge < -0.3 is 13.6 Å². The van der Waals surface area contributed by atoms with Gasteiger partial charge in [0.1, 0.15) is 6.29 Å². The molecule has 0 heterocycles. The van der Waals surface area contributed by atoms with Gasteiger partial charge in [-0.3, -0.25) is 0 Å². The Balaban J connectivity index is 3.62. The SMILES string of the molecule is NC(C=O)C(=O)OI. The number of carbonyl (C=O) groups is 2. The van der Waals surface area contributed by atoms with Crippen LogP contribution in [-0.2, 0) is 12.7 Å². The van der Waals surface area contributed by atoms with E-state index in [0.29, 0.717) is 6.29 Å². The molecule has 2 N–H and O–H groups in total. The highest BCUT2D eigenvalue weighted by Crippen LogP contribution is 1.88. The quantitative estimate of drug-likeness (QED) is 0.390. The van der Waals surface area contributed by atoms with Crippen LogP contribution in [0.1, 0.15) is 0 Å². The Bertz CT molecular complexity index is 105. The van der Waals surface area contributed by atoms with Gasteiger partial charge in [0.25, 0.3) is 0 Å². The fourth-order valence-corrected chi connectivity index (χ4v) is 0.401. The number of hydrogen-bond donors (Lipinski definition) is 1. The maximum Gasteiger partial charge on any atom is 0.339 e. The van der Waals surface area contributed by atoms with E-state index in [9.17, 15) is 9.59 Å². The maximum absolute atomic E-state index is 10.2. The minimum Gasteiger partial charge on any atom is -0.393 e. The van der Waals surface area contributed by atoms with Crippen LogP contribution < -0.4 is 5.73 Å². The molecule has 4 nitrogen and oxygen atoms in total. The van der Waals surface area contributed by atoms with E-state index in [1.54, 1.807) is 0 Å². The summed E-state index contributed by atoms with van der Waals surface area (Å²) in [7, 11) is 0. The van der Waals surface area contributed by atoms with E-state index < -0.39 is 12.0 Å². The van der Waals surface area contributed by atoms with Crippen LogP contribution in [0.25, 0.3) is 0 Å². The van der Waals surface area contributed by atoms with E-state index in [4.69, 9.17) is 5.73 Å². The number of aldehydes is 1. The number of carbonyl (C=O) groups excluding carboxylic acids is 2. The fourth-order valence-electron chi connectivity index (χ4n) is 0.107. The molecule has 1 atom stereocenters. The van der Waals surface area contributed by atoms with Crippen molar-refractivity contribution in [1.82, 2.24) is 0 Å². The molecule has 0 aromatic heterocycles. The highest BCUT2D eigenvalue weighted by molar-refractivity contribution is 14.1. The van der Waals surface area contributed by atoms with Crippen molar-refractivity contribution in [3.63, 3.8) is 0 Å². The summed E-state index contributed by atoms with van der Waals surface area (Å²) in [6, 6.07) is -1.13. The molecule has 46 valence electrons. The lowest BCUT2D eigenvalue weighted by Crippen LogP contribution is -2.31. The molecule has 1 unspecified atom stereocenters. The summed E-state index contributed by atoms with van der Waals surface area (Å²) < 4.78 is 4.08. The number of hydrogen-bond acceptors (Lipinski definition) is 4. The van der Waals surface area contributed by atoms with Crippen molar-refractivity contribution < 1.29 is 12.7 Å². The molecule has 0 aliphatic rings. The number of halogens is 1. The van der Waals surface area contributed by atoms with Crippen molar-refractivity contribution >= 4 is 35.3 Å². The Kier molecular flexibility index (Phi) is 3.71. The van der Waals surface area contributed by atoms with Gasteiger partial charge in [0.2, 0.25) is 0 Å². The molecule has 0 spiro atoms. The summed E-state index contributed by atoms with van der Waals surface area (Å²) in [6.07, 6.45) is 0.320. The van der Waals surface area contributed by atoms with E-state index in [0.717, 1.165) is 0 Å². The highest BCUT2D eigenvalue weighted by atomic mass is 127. The predicted molar refractivity (Wildman–Crippen MR) is 34.2 cm³/mol. The van der Waals surface area contributed by atoms with Crippen molar-refractivity contribution in [3.8, 4) is 0 Å². The third-order valence-corrected chi connectivity index (χ3v) is 0.929. The first kappa shape index (κ1) is 7.83. The van der Waals surface area contributed by atoms with Crippen LogP contribution in [0.4, 0.5) is 0 Å². The van der Waals surface area contributed by atoms with Gasteiger partial charge in [0.15, 0.2) is 29.0 Å². The van der Waals surface area contributed by atoms with Crippen LogP contribution in [0, 0.1) is 0 Å². The number of rotatable bonds is 2. The molecule has 0 aliphatic carbocycles. The Morgan fingerprint density at radius 1 is 1.88 bits per heavy atom. The van der Waals surface area contributed by atoms with Crippen LogP contribution in [0.15, 0.2) is 0 Å². The standard InChI is InChI=1S/C3H4INO3/c4-8-3(7)2(5)1-6/h1-2H,5H2. The fraction of sp³-hybridized carbons (Fsp3) is 0.333. The molecule has 0 radical (unpaired) electrons. The monoisotopic (exact) mass is 229 g/mol. The molecular weight excluding hydrogens is 225 g/mol. The van der Waals surface area contributed by atoms with E-state index in [1.807, 2.05) is 0 Å². The summed E-state index contributed by atoms with van der Waals surface area (Å²) in [5.74, 6) is -0.722. The molecule has 0 rings (SSSR count). The first-order valence-electron chi connectivity index (χ1n) is 1.75. The molecule has 0 saturated heterocycles.